The van der Waals surface area contributed by atoms with Crippen LogP contribution in [0.2, 0.25) is 5.02 Å². The SMILES string of the molecule is CCCCN(CCCC)c1cc(Cl)ccc1CO. The molecule has 3 heteroatoms. The molecule has 0 saturated heterocycles. The summed E-state index contributed by atoms with van der Waals surface area (Å²) in [5.41, 5.74) is 2.05. The lowest BCUT2D eigenvalue weighted by Gasteiger charge is -2.27. The molecular formula is C15H24ClNO. The van der Waals surface area contributed by atoms with Gasteiger partial charge in [-0.3, -0.25) is 0 Å². The van der Waals surface area contributed by atoms with Crippen LogP contribution in [0.5, 0.6) is 0 Å². The van der Waals surface area contributed by atoms with E-state index in [2.05, 4.69) is 18.7 Å². The number of unbranched alkanes of at least 4 members (excludes halogenated alkanes) is 2. The normalized spacial score (nSPS) is 10.7. The van der Waals surface area contributed by atoms with Gasteiger partial charge in [-0.15, -0.1) is 0 Å². The summed E-state index contributed by atoms with van der Waals surface area (Å²) in [7, 11) is 0. The van der Waals surface area contributed by atoms with E-state index in [1.165, 1.54) is 25.7 Å². The summed E-state index contributed by atoms with van der Waals surface area (Å²) in [6.07, 6.45) is 4.69. The third kappa shape index (κ3) is 4.51. The molecule has 2 nitrogen and oxygen atoms in total. The van der Waals surface area contributed by atoms with Crippen LogP contribution >= 0.6 is 11.6 Å². The number of aliphatic hydroxyl groups is 1. The summed E-state index contributed by atoms with van der Waals surface area (Å²) in [6, 6.07) is 5.73. The van der Waals surface area contributed by atoms with Crippen molar-refractivity contribution in [1.29, 1.82) is 0 Å². The molecule has 0 aliphatic heterocycles. The topological polar surface area (TPSA) is 23.5 Å². The first-order valence-electron chi connectivity index (χ1n) is 6.87. The maximum Gasteiger partial charge on any atom is 0.0702 e. The monoisotopic (exact) mass is 269 g/mol. The number of anilines is 1. The fourth-order valence-electron chi connectivity index (χ4n) is 2.02. The van der Waals surface area contributed by atoms with Crippen molar-refractivity contribution in [3.8, 4) is 0 Å². The van der Waals surface area contributed by atoms with Crippen LogP contribution < -0.4 is 4.90 Å². The molecule has 1 N–H and O–H groups in total. The minimum atomic E-state index is 0.0707. The summed E-state index contributed by atoms with van der Waals surface area (Å²) in [6.45, 7) is 6.53. The number of benzene rings is 1. The van der Waals surface area contributed by atoms with Crippen LogP contribution in [0.25, 0.3) is 0 Å². The summed E-state index contributed by atoms with van der Waals surface area (Å²) < 4.78 is 0. The Kier molecular flexibility index (Phi) is 7.14. The minimum Gasteiger partial charge on any atom is -0.392 e. The van der Waals surface area contributed by atoms with Gasteiger partial charge in [-0.25, -0.2) is 0 Å². The molecule has 0 spiro atoms. The maximum atomic E-state index is 9.44. The summed E-state index contributed by atoms with van der Waals surface area (Å²) in [4.78, 5) is 2.35. The lowest BCUT2D eigenvalue weighted by atomic mass is 10.1. The smallest absolute Gasteiger partial charge is 0.0702 e. The molecule has 0 unspecified atom stereocenters. The van der Waals surface area contributed by atoms with Gasteiger partial charge >= 0.3 is 0 Å². The summed E-state index contributed by atoms with van der Waals surface area (Å²) in [5, 5.41) is 10.2. The first-order chi connectivity index (χ1) is 8.72. The van der Waals surface area contributed by atoms with Gasteiger partial charge in [0.1, 0.15) is 0 Å². The summed E-state index contributed by atoms with van der Waals surface area (Å²) >= 11 is 6.08. The molecule has 1 aromatic carbocycles. The lowest BCUT2D eigenvalue weighted by Crippen LogP contribution is -2.26. The Hall–Kier alpha value is -0.730. The number of aliphatic hydroxyl groups excluding tert-OH is 1. The first-order valence-corrected chi connectivity index (χ1v) is 7.25. The van der Waals surface area contributed by atoms with E-state index in [9.17, 15) is 5.11 Å². The molecule has 18 heavy (non-hydrogen) atoms. The van der Waals surface area contributed by atoms with Gasteiger partial charge in [-0.2, -0.15) is 0 Å². The molecule has 1 rings (SSSR count). The Labute approximate surface area is 116 Å². The second kappa shape index (κ2) is 8.39. The summed E-state index contributed by atoms with van der Waals surface area (Å²) in [5.74, 6) is 0. The molecule has 0 radical (unpaired) electrons. The van der Waals surface area contributed by atoms with Gasteiger partial charge in [0.15, 0.2) is 0 Å². The molecule has 0 fully saturated rings. The van der Waals surface area contributed by atoms with Crippen molar-refractivity contribution < 1.29 is 5.11 Å². The van der Waals surface area contributed by atoms with E-state index >= 15 is 0 Å². The van der Waals surface area contributed by atoms with Crippen molar-refractivity contribution in [3.05, 3.63) is 28.8 Å². The zero-order valence-electron chi connectivity index (χ0n) is 11.5. The van der Waals surface area contributed by atoms with Gasteiger partial charge in [0.25, 0.3) is 0 Å². The molecule has 0 aromatic heterocycles. The number of halogens is 1. The average molecular weight is 270 g/mol. The van der Waals surface area contributed by atoms with E-state index in [1.807, 2.05) is 18.2 Å². The fourth-order valence-corrected chi connectivity index (χ4v) is 2.18. The highest BCUT2D eigenvalue weighted by Gasteiger charge is 2.10. The molecule has 102 valence electrons. The van der Waals surface area contributed by atoms with Crippen LogP contribution in [0.3, 0.4) is 0 Å². The highest BCUT2D eigenvalue weighted by Crippen LogP contribution is 2.26. The molecule has 0 bridgehead atoms. The zero-order chi connectivity index (χ0) is 13.4. The molecule has 1 aromatic rings. The Bertz CT molecular complexity index is 346. The molecule has 0 heterocycles. The van der Waals surface area contributed by atoms with Crippen molar-refractivity contribution in [1.82, 2.24) is 0 Å². The number of nitrogens with zero attached hydrogens (tertiary/aromatic N) is 1. The van der Waals surface area contributed by atoms with Gasteiger partial charge in [0.05, 0.1) is 6.61 Å². The first kappa shape index (κ1) is 15.3. The lowest BCUT2D eigenvalue weighted by molar-refractivity contribution is 0.282. The van der Waals surface area contributed by atoms with Crippen molar-refractivity contribution >= 4 is 17.3 Å². The third-order valence-electron chi connectivity index (χ3n) is 3.12. The number of hydrogen-bond donors (Lipinski definition) is 1. The molecule has 0 aliphatic carbocycles. The second-order valence-corrected chi connectivity index (χ2v) is 5.06. The standard InChI is InChI=1S/C15H24ClNO/c1-3-5-9-17(10-6-4-2)15-11-14(16)8-7-13(15)12-18/h7-8,11,18H,3-6,9-10,12H2,1-2H3. The van der Waals surface area contributed by atoms with Gasteiger partial charge in [-0.1, -0.05) is 44.4 Å². The average Bonchev–Trinajstić information content (AvgIpc) is 2.39. The van der Waals surface area contributed by atoms with Crippen LogP contribution in [-0.2, 0) is 6.61 Å². The largest absolute Gasteiger partial charge is 0.392 e. The molecule has 0 atom stereocenters. The molecule has 0 saturated carbocycles. The van der Waals surface area contributed by atoms with Crippen LogP contribution in [0, 0.1) is 0 Å². The quantitative estimate of drug-likeness (QED) is 0.763. The maximum absolute atomic E-state index is 9.44. The Balaban J connectivity index is 2.90. The Morgan fingerprint density at radius 2 is 1.72 bits per heavy atom. The van der Waals surface area contributed by atoms with Crippen LogP contribution in [0.15, 0.2) is 18.2 Å². The van der Waals surface area contributed by atoms with E-state index in [0.29, 0.717) is 0 Å². The van der Waals surface area contributed by atoms with Crippen molar-refractivity contribution in [3.63, 3.8) is 0 Å². The van der Waals surface area contributed by atoms with Gasteiger partial charge < -0.3 is 10.0 Å². The van der Waals surface area contributed by atoms with Crippen molar-refractivity contribution in [2.24, 2.45) is 0 Å². The van der Waals surface area contributed by atoms with E-state index < -0.39 is 0 Å². The Morgan fingerprint density at radius 3 is 2.22 bits per heavy atom. The van der Waals surface area contributed by atoms with E-state index in [4.69, 9.17) is 11.6 Å². The van der Waals surface area contributed by atoms with Gasteiger partial charge in [-0.05, 0) is 25.0 Å². The van der Waals surface area contributed by atoms with Crippen LogP contribution in [0.1, 0.15) is 45.1 Å². The van der Waals surface area contributed by atoms with Crippen molar-refractivity contribution in [2.75, 3.05) is 18.0 Å². The Morgan fingerprint density at radius 1 is 1.11 bits per heavy atom. The van der Waals surface area contributed by atoms with Crippen molar-refractivity contribution in [2.45, 2.75) is 46.1 Å². The predicted molar refractivity (Wildman–Crippen MR) is 79.4 cm³/mol. The minimum absolute atomic E-state index is 0.0707. The third-order valence-corrected chi connectivity index (χ3v) is 3.36. The highest BCUT2D eigenvalue weighted by molar-refractivity contribution is 6.30. The second-order valence-electron chi connectivity index (χ2n) is 4.63. The van der Waals surface area contributed by atoms with Gasteiger partial charge in [0, 0.05) is 29.4 Å². The molecular weight excluding hydrogens is 246 g/mol. The fraction of sp³-hybridized carbons (Fsp3) is 0.600. The zero-order valence-corrected chi connectivity index (χ0v) is 12.2. The number of hydrogen-bond acceptors (Lipinski definition) is 2. The van der Waals surface area contributed by atoms with Gasteiger partial charge in [0.2, 0.25) is 0 Å². The van der Waals surface area contributed by atoms with E-state index in [0.717, 1.165) is 29.4 Å². The van der Waals surface area contributed by atoms with E-state index in [-0.39, 0.29) is 6.61 Å². The van der Waals surface area contributed by atoms with Crippen LogP contribution in [0.4, 0.5) is 5.69 Å². The molecule has 0 aliphatic rings. The predicted octanol–water partition coefficient (Wildman–Crippen LogP) is 4.24. The number of rotatable bonds is 8. The van der Waals surface area contributed by atoms with E-state index in [1.54, 1.807) is 0 Å². The highest BCUT2D eigenvalue weighted by atomic mass is 35.5. The molecule has 0 amide bonds. The van der Waals surface area contributed by atoms with Crippen LogP contribution in [-0.4, -0.2) is 18.2 Å².